The first-order chi connectivity index (χ1) is 12.3. The van der Waals surface area contributed by atoms with Crippen LogP contribution in [0, 0.1) is 0 Å². The minimum Gasteiger partial charge on any atom is -0.444 e. The molecular formula is C17H34N4O5. The van der Waals surface area contributed by atoms with E-state index >= 15 is 0 Å². The minimum absolute atomic E-state index is 0.160. The third-order valence-corrected chi connectivity index (χ3v) is 3.63. The standard InChI is InChI=1S/C17H34N4O5/c1-5-6-10-24-20-13-7-8-14(19-12-13)15(22)21-25-11-9-18-16(23)26-17(2,3)4/h13-14,19-20H,5-12H2,1-4H3,(H,18,23)(H,21,22)/t13-,14+/m1/s1. The molecule has 0 aliphatic carbocycles. The molecule has 2 amide bonds. The summed E-state index contributed by atoms with van der Waals surface area (Å²) < 4.78 is 5.09. The second kappa shape index (κ2) is 12.1. The summed E-state index contributed by atoms with van der Waals surface area (Å²) in [7, 11) is 0. The van der Waals surface area contributed by atoms with Crippen molar-refractivity contribution < 1.29 is 24.0 Å². The van der Waals surface area contributed by atoms with Gasteiger partial charge in [-0.15, -0.1) is 0 Å². The Morgan fingerprint density at radius 1 is 1.15 bits per heavy atom. The molecule has 9 nitrogen and oxygen atoms in total. The molecule has 152 valence electrons. The molecule has 1 rings (SSSR count). The van der Waals surface area contributed by atoms with Crippen molar-refractivity contribution in [3.8, 4) is 0 Å². The predicted octanol–water partition coefficient (Wildman–Crippen LogP) is 1.00. The van der Waals surface area contributed by atoms with Gasteiger partial charge in [0.05, 0.1) is 19.3 Å². The van der Waals surface area contributed by atoms with Gasteiger partial charge in [0.15, 0.2) is 0 Å². The van der Waals surface area contributed by atoms with Gasteiger partial charge >= 0.3 is 6.09 Å². The second-order valence-corrected chi connectivity index (χ2v) is 7.30. The zero-order valence-electron chi connectivity index (χ0n) is 16.4. The molecule has 0 aromatic heterocycles. The molecule has 0 aromatic rings. The fourth-order valence-electron chi connectivity index (χ4n) is 2.29. The van der Waals surface area contributed by atoms with Crippen molar-refractivity contribution in [1.82, 2.24) is 21.6 Å². The molecule has 1 fully saturated rings. The van der Waals surface area contributed by atoms with Crippen molar-refractivity contribution in [3.05, 3.63) is 0 Å². The fourth-order valence-corrected chi connectivity index (χ4v) is 2.29. The number of carbonyl (C=O) groups is 2. The average molecular weight is 374 g/mol. The molecular weight excluding hydrogens is 340 g/mol. The van der Waals surface area contributed by atoms with E-state index in [0.29, 0.717) is 19.6 Å². The number of hydroxylamine groups is 2. The normalized spacial score (nSPS) is 20.5. The van der Waals surface area contributed by atoms with Crippen molar-refractivity contribution in [3.63, 3.8) is 0 Å². The molecule has 2 atom stereocenters. The van der Waals surface area contributed by atoms with Gasteiger partial charge in [-0.3, -0.25) is 9.63 Å². The van der Waals surface area contributed by atoms with Crippen LogP contribution in [-0.4, -0.2) is 56.0 Å². The van der Waals surface area contributed by atoms with E-state index in [9.17, 15) is 9.59 Å². The SMILES string of the molecule is CCCCON[C@@H]1CC[C@@H](C(=O)NOCCNC(=O)OC(C)(C)C)NC1. The zero-order chi connectivity index (χ0) is 19.4. The molecule has 0 aromatic carbocycles. The molecule has 1 aliphatic rings. The highest BCUT2D eigenvalue weighted by Gasteiger charge is 2.25. The predicted molar refractivity (Wildman–Crippen MR) is 97.1 cm³/mol. The van der Waals surface area contributed by atoms with Crippen LogP contribution >= 0.6 is 0 Å². The third kappa shape index (κ3) is 10.5. The Bertz CT molecular complexity index is 420. The zero-order valence-corrected chi connectivity index (χ0v) is 16.4. The first kappa shape index (κ1) is 22.6. The van der Waals surface area contributed by atoms with Crippen LogP contribution in [0.1, 0.15) is 53.4 Å². The molecule has 26 heavy (non-hydrogen) atoms. The van der Waals surface area contributed by atoms with Crippen LogP contribution in [0.3, 0.4) is 0 Å². The number of hydrogen-bond donors (Lipinski definition) is 4. The summed E-state index contributed by atoms with van der Waals surface area (Å²) in [5.74, 6) is -0.215. The van der Waals surface area contributed by atoms with Crippen LogP contribution in [-0.2, 0) is 19.2 Å². The highest BCUT2D eigenvalue weighted by atomic mass is 16.7. The van der Waals surface area contributed by atoms with E-state index < -0.39 is 11.7 Å². The van der Waals surface area contributed by atoms with Crippen molar-refractivity contribution in [2.45, 2.75) is 71.1 Å². The Labute approximate surface area is 155 Å². The van der Waals surface area contributed by atoms with E-state index in [1.54, 1.807) is 20.8 Å². The van der Waals surface area contributed by atoms with E-state index in [-0.39, 0.29) is 31.1 Å². The van der Waals surface area contributed by atoms with Gasteiger partial charge in [-0.1, -0.05) is 13.3 Å². The highest BCUT2D eigenvalue weighted by Crippen LogP contribution is 2.09. The smallest absolute Gasteiger partial charge is 0.407 e. The summed E-state index contributed by atoms with van der Waals surface area (Å²) in [6.07, 6.45) is 3.15. The van der Waals surface area contributed by atoms with Gasteiger partial charge in [0, 0.05) is 19.1 Å². The van der Waals surface area contributed by atoms with Crippen LogP contribution in [0.25, 0.3) is 0 Å². The van der Waals surface area contributed by atoms with Crippen LogP contribution in [0.2, 0.25) is 0 Å². The Morgan fingerprint density at radius 2 is 1.92 bits per heavy atom. The molecule has 0 radical (unpaired) electrons. The molecule has 0 spiro atoms. The number of nitrogens with one attached hydrogen (secondary N) is 4. The van der Waals surface area contributed by atoms with Gasteiger partial charge in [0.25, 0.3) is 5.91 Å². The first-order valence-corrected chi connectivity index (χ1v) is 9.31. The second-order valence-electron chi connectivity index (χ2n) is 7.30. The molecule has 1 heterocycles. The Hall–Kier alpha value is -1.42. The summed E-state index contributed by atoms with van der Waals surface area (Å²) in [4.78, 5) is 34.0. The van der Waals surface area contributed by atoms with E-state index in [2.05, 4.69) is 28.5 Å². The Kier molecular flexibility index (Phi) is 10.5. The van der Waals surface area contributed by atoms with Crippen LogP contribution in [0.5, 0.6) is 0 Å². The number of carbonyl (C=O) groups excluding carboxylic acids is 2. The molecule has 0 bridgehead atoms. The summed E-state index contributed by atoms with van der Waals surface area (Å²) in [6.45, 7) is 9.24. The maximum atomic E-state index is 12.0. The number of hydrogen-bond acceptors (Lipinski definition) is 7. The van der Waals surface area contributed by atoms with Gasteiger partial charge in [0.2, 0.25) is 0 Å². The monoisotopic (exact) mass is 374 g/mol. The molecule has 0 unspecified atom stereocenters. The van der Waals surface area contributed by atoms with E-state index in [1.165, 1.54) is 0 Å². The first-order valence-electron chi connectivity index (χ1n) is 9.31. The molecule has 0 saturated carbocycles. The van der Waals surface area contributed by atoms with Crippen molar-refractivity contribution in [1.29, 1.82) is 0 Å². The lowest BCUT2D eigenvalue weighted by Gasteiger charge is -2.29. The third-order valence-electron chi connectivity index (χ3n) is 3.63. The topological polar surface area (TPSA) is 110 Å². The summed E-state index contributed by atoms with van der Waals surface area (Å²) >= 11 is 0. The Balaban J connectivity index is 2.06. The highest BCUT2D eigenvalue weighted by molar-refractivity contribution is 5.80. The van der Waals surface area contributed by atoms with E-state index in [1.807, 2.05) is 0 Å². The maximum Gasteiger partial charge on any atom is 0.407 e. The summed E-state index contributed by atoms with van der Waals surface area (Å²) in [5.41, 5.74) is 4.89. The van der Waals surface area contributed by atoms with Crippen molar-refractivity contribution in [2.75, 3.05) is 26.3 Å². The summed E-state index contributed by atoms with van der Waals surface area (Å²) in [6, 6.07) is -0.0858. The number of unbranched alkanes of at least 4 members (excludes halogenated alkanes) is 1. The maximum absolute atomic E-state index is 12.0. The summed E-state index contributed by atoms with van der Waals surface area (Å²) in [5, 5.41) is 5.72. The quantitative estimate of drug-likeness (QED) is 0.334. The number of piperidine rings is 1. The lowest BCUT2D eigenvalue weighted by Crippen LogP contribution is -2.53. The largest absolute Gasteiger partial charge is 0.444 e. The number of alkyl carbamates (subject to hydrolysis) is 1. The minimum atomic E-state index is -0.542. The molecule has 9 heteroatoms. The van der Waals surface area contributed by atoms with Gasteiger partial charge in [-0.25, -0.2) is 10.3 Å². The van der Waals surface area contributed by atoms with Gasteiger partial charge in [-0.05, 0) is 40.0 Å². The van der Waals surface area contributed by atoms with E-state index in [4.69, 9.17) is 14.4 Å². The number of ether oxygens (including phenoxy) is 1. The number of amides is 2. The van der Waals surface area contributed by atoms with Gasteiger partial charge in [0.1, 0.15) is 5.60 Å². The Morgan fingerprint density at radius 3 is 2.54 bits per heavy atom. The average Bonchev–Trinajstić information content (AvgIpc) is 2.57. The van der Waals surface area contributed by atoms with Crippen LogP contribution in [0.4, 0.5) is 4.79 Å². The lowest BCUT2D eigenvalue weighted by atomic mass is 10.0. The lowest BCUT2D eigenvalue weighted by molar-refractivity contribution is -0.136. The van der Waals surface area contributed by atoms with Crippen molar-refractivity contribution >= 4 is 12.0 Å². The van der Waals surface area contributed by atoms with Crippen LogP contribution in [0.15, 0.2) is 0 Å². The fraction of sp³-hybridized carbons (Fsp3) is 0.882. The van der Waals surface area contributed by atoms with E-state index in [0.717, 1.165) is 19.3 Å². The van der Waals surface area contributed by atoms with Crippen molar-refractivity contribution in [2.24, 2.45) is 0 Å². The van der Waals surface area contributed by atoms with Gasteiger partial charge < -0.3 is 20.2 Å². The molecule has 4 N–H and O–H groups in total. The molecule has 1 saturated heterocycles. The van der Waals surface area contributed by atoms with Gasteiger partial charge in [-0.2, -0.15) is 5.48 Å². The molecule has 1 aliphatic heterocycles. The van der Waals surface area contributed by atoms with Crippen LogP contribution < -0.4 is 21.6 Å². The number of rotatable bonds is 10.